The molecule has 28 heavy (non-hydrogen) atoms. The van der Waals surface area contributed by atoms with Gasteiger partial charge in [-0.1, -0.05) is 29.8 Å². The number of nitrogens with one attached hydrogen (secondary N) is 3. The molecule has 0 radical (unpaired) electrons. The Bertz CT molecular complexity index is 983. The number of aromatic amines is 1. The summed E-state index contributed by atoms with van der Waals surface area (Å²) in [7, 11) is 0. The molecule has 7 nitrogen and oxygen atoms in total. The summed E-state index contributed by atoms with van der Waals surface area (Å²) in [4.78, 5) is 28.9. The molecule has 2 amide bonds. The van der Waals surface area contributed by atoms with Crippen LogP contribution >= 0.6 is 0 Å². The molecule has 144 valence electrons. The number of anilines is 1. The van der Waals surface area contributed by atoms with Crippen LogP contribution in [0.5, 0.6) is 0 Å². The summed E-state index contributed by atoms with van der Waals surface area (Å²) >= 11 is 0. The van der Waals surface area contributed by atoms with Gasteiger partial charge in [0.15, 0.2) is 5.82 Å². The largest absolute Gasteiger partial charge is 0.347 e. The van der Waals surface area contributed by atoms with Crippen LogP contribution in [0.15, 0.2) is 48.5 Å². The Balaban J connectivity index is 1.67. The van der Waals surface area contributed by atoms with Crippen molar-refractivity contribution in [2.45, 2.75) is 33.2 Å². The predicted molar refractivity (Wildman–Crippen MR) is 108 cm³/mol. The van der Waals surface area contributed by atoms with E-state index in [1.54, 1.807) is 24.3 Å². The number of aromatic nitrogens is 3. The summed E-state index contributed by atoms with van der Waals surface area (Å²) in [6.45, 7) is 7.74. The molecule has 1 aromatic heterocycles. The van der Waals surface area contributed by atoms with Crippen molar-refractivity contribution < 1.29 is 9.59 Å². The van der Waals surface area contributed by atoms with E-state index < -0.39 is 0 Å². The number of H-pyrrole nitrogens is 1. The second-order valence-electron chi connectivity index (χ2n) is 7.61. The average molecular weight is 377 g/mol. The highest BCUT2D eigenvalue weighted by atomic mass is 16.2. The van der Waals surface area contributed by atoms with Crippen LogP contribution in [0.1, 0.15) is 47.1 Å². The van der Waals surface area contributed by atoms with Crippen LogP contribution in [0.3, 0.4) is 0 Å². The third kappa shape index (κ3) is 4.82. The summed E-state index contributed by atoms with van der Waals surface area (Å²) in [5, 5.41) is 12.4. The quantitative estimate of drug-likeness (QED) is 0.647. The molecular formula is C21H23N5O2. The normalized spacial score (nSPS) is 11.1. The summed E-state index contributed by atoms with van der Waals surface area (Å²) in [6.07, 6.45) is 0. The molecule has 0 saturated carbocycles. The van der Waals surface area contributed by atoms with Crippen LogP contribution in [-0.2, 0) is 0 Å². The Hall–Kier alpha value is -3.48. The number of aryl methyl sites for hydroxylation is 1. The van der Waals surface area contributed by atoms with Crippen molar-refractivity contribution in [3.8, 4) is 11.4 Å². The monoisotopic (exact) mass is 377 g/mol. The molecule has 0 saturated heterocycles. The topological polar surface area (TPSA) is 99.8 Å². The highest BCUT2D eigenvalue weighted by molar-refractivity contribution is 6.04. The van der Waals surface area contributed by atoms with Crippen molar-refractivity contribution in [1.82, 2.24) is 20.5 Å². The molecule has 0 atom stereocenters. The number of benzene rings is 2. The van der Waals surface area contributed by atoms with Gasteiger partial charge in [0.2, 0.25) is 5.95 Å². The Kier molecular flexibility index (Phi) is 5.26. The van der Waals surface area contributed by atoms with E-state index in [9.17, 15) is 9.59 Å². The number of hydrogen-bond acceptors (Lipinski definition) is 4. The maximum atomic E-state index is 12.4. The fourth-order valence-corrected chi connectivity index (χ4v) is 2.52. The molecule has 3 N–H and O–H groups in total. The summed E-state index contributed by atoms with van der Waals surface area (Å²) < 4.78 is 0. The van der Waals surface area contributed by atoms with Gasteiger partial charge in [-0.3, -0.25) is 20.0 Å². The lowest BCUT2D eigenvalue weighted by atomic mass is 10.1. The molecule has 3 aromatic rings. The van der Waals surface area contributed by atoms with E-state index in [0.717, 1.165) is 11.1 Å². The molecule has 1 heterocycles. The third-order valence-electron chi connectivity index (χ3n) is 3.93. The van der Waals surface area contributed by atoms with Crippen molar-refractivity contribution >= 4 is 17.8 Å². The van der Waals surface area contributed by atoms with Gasteiger partial charge in [0.05, 0.1) is 0 Å². The highest BCUT2D eigenvalue weighted by Gasteiger charge is 2.16. The second kappa shape index (κ2) is 7.64. The third-order valence-corrected chi connectivity index (χ3v) is 3.93. The first-order valence-corrected chi connectivity index (χ1v) is 8.95. The number of carbonyl (C=O) groups is 2. The van der Waals surface area contributed by atoms with E-state index in [1.165, 1.54) is 0 Å². The molecule has 0 aliphatic rings. The van der Waals surface area contributed by atoms with Crippen molar-refractivity contribution in [3.05, 3.63) is 65.2 Å². The average Bonchev–Trinajstić information content (AvgIpc) is 3.09. The standard InChI is InChI=1S/C21H23N5O2/c1-13-5-7-14(8-6-13)17-22-20(26-25-17)23-18(27)15-9-11-16(12-10-15)19(28)24-21(2,3)4/h5-12H,1-4H3,(H,24,28)(H2,22,23,25,26,27). The molecule has 3 rings (SSSR count). The number of carbonyl (C=O) groups excluding carboxylic acids is 2. The number of hydrogen-bond donors (Lipinski definition) is 3. The first-order valence-electron chi connectivity index (χ1n) is 8.95. The van der Waals surface area contributed by atoms with Crippen molar-refractivity contribution in [3.63, 3.8) is 0 Å². The second-order valence-corrected chi connectivity index (χ2v) is 7.61. The molecular weight excluding hydrogens is 354 g/mol. The maximum Gasteiger partial charge on any atom is 0.258 e. The smallest absolute Gasteiger partial charge is 0.258 e. The zero-order chi connectivity index (χ0) is 20.3. The SMILES string of the molecule is Cc1ccc(-c2nc(NC(=O)c3ccc(C(=O)NC(C)(C)C)cc3)n[nH]2)cc1. The van der Waals surface area contributed by atoms with Gasteiger partial charge in [0.1, 0.15) is 0 Å². The Labute approximate surface area is 163 Å². The zero-order valence-electron chi connectivity index (χ0n) is 16.3. The fraction of sp³-hybridized carbons (Fsp3) is 0.238. The molecule has 2 aromatic carbocycles. The maximum absolute atomic E-state index is 12.4. The summed E-state index contributed by atoms with van der Waals surface area (Å²) in [5.41, 5.74) is 2.61. The Morgan fingerprint density at radius 1 is 0.893 bits per heavy atom. The summed E-state index contributed by atoms with van der Waals surface area (Å²) in [6, 6.07) is 14.3. The highest BCUT2D eigenvalue weighted by Crippen LogP contribution is 2.17. The van der Waals surface area contributed by atoms with Crippen LogP contribution in [0.2, 0.25) is 0 Å². The van der Waals surface area contributed by atoms with Gasteiger partial charge in [-0.2, -0.15) is 4.98 Å². The minimum atomic E-state index is -0.350. The number of amides is 2. The van der Waals surface area contributed by atoms with Crippen LogP contribution in [0.4, 0.5) is 5.95 Å². The molecule has 0 fully saturated rings. The van der Waals surface area contributed by atoms with E-state index in [4.69, 9.17) is 0 Å². The van der Waals surface area contributed by atoms with Crippen LogP contribution in [0.25, 0.3) is 11.4 Å². The van der Waals surface area contributed by atoms with Crippen LogP contribution in [-0.4, -0.2) is 32.5 Å². The molecule has 0 unspecified atom stereocenters. The van der Waals surface area contributed by atoms with Gasteiger partial charge in [-0.05, 0) is 52.0 Å². The van der Waals surface area contributed by atoms with E-state index >= 15 is 0 Å². The van der Waals surface area contributed by atoms with E-state index in [1.807, 2.05) is 52.0 Å². The van der Waals surface area contributed by atoms with Crippen molar-refractivity contribution in [1.29, 1.82) is 0 Å². The molecule has 7 heteroatoms. The fourth-order valence-electron chi connectivity index (χ4n) is 2.52. The zero-order valence-corrected chi connectivity index (χ0v) is 16.3. The van der Waals surface area contributed by atoms with Gasteiger partial charge in [0.25, 0.3) is 11.8 Å². The predicted octanol–water partition coefficient (Wildman–Crippen LogP) is 3.56. The van der Waals surface area contributed by atoms with Gasteiger partial charge >= 0.3 is 0 Å². The lowest BCUT2D eigenvalue weighted by Gasteiger charge is -2.20. The van der Waals surface area contributed by atoms with Crippen LogP contribution in [0, 0.1) is 6.92 Å². The Morgan fingerprint density at radius 3 is 2.04 bits per heavy atom. The van der Waals surface area contributed by atoms with Crippen LogP contribution < -0.4 is 10.6 Å². The van der Waals surface area contributed by atoms with Gasteiger partial charge in [-0.25, -0.2) is 0 Å². The lowest BCUT2D eigenvalue weighted by molar-refractivity contribution is 0.0918. The lowest BCUT2D eigenvalue weighted by Crippen LogP contribution is -2.40. The minimum Gasteiger partial charge on any atom is -0.347 e. The minimum absolute atomic E-state index is 0.184. The Morgan fingerprint density at radius 2 is 1.46 bits per heavy atom. The molecule has 0 bridgehead atoms. The summed E-state index contributed by atoms with van der Waals surface area (Å²) in [5.74, 6) is 0.230. The molecule has 0 aliphatic carbocycles. The molecule has 0 aliphatic heterocycles. The van der Waals surface area contributed by atoms with Gasteiger partial charge < -0.3 is 5.32 Å². The van der Waals surface area contributed by atoms with E-state index in [-0.39, 0.29) is 23.3 Å². The van der Waals surface area contributed by atoms with Crippen molar-refractivity contribution in [2.24, 2.45) is 0 Å². The molecule has 0 spiro atoms. The van der Waals surface area contributed by atoms with Gasteiger partial charge in [0, 0.05) is 22.2 Å². The van der Waals surface area contributed by atoms with E-state index in [0.29, 0.717) is 17.0 Å². The van der Waals surface area contributed by atoms with Crippen molar-refractivity contribution in [2.75, 3.05) is 5.32 Å². The first-order chi connectivity index (χ1) is 13.2. The van der Waals surface area contributed by atoms with Gasteiger partial charge in [-0.15, -0.1) is 5.10 Å². The first kappa shape index (κ1) is 19.3. The van der Waals surface area contributed by atoms with E-state index in [2.05, 4.69) is 25.8 Å². The number of nitrogens with zero attached hydrogens (tertiary/aromatic N) is 2. The number of rotatable bonds is 4.